The summed E-state index contributed by atoms with van der Waals surface area (Å²) in [5, 5.41) is 0. The molecule has 0 aliphatic heterocycles. The van der Waals surface area contributed by atoms with Crippen molar-refractivity contribution in [3.63, 3.8) is 0 Å². The van der Waals surface area contributed by atoms with Crippen molar-refractivity contribution in [2.45, 2.75) is 17.3 Å². The Bertz CT molecular complexity index is 26.0. The normalized spacial score (nSPS) is 6.75. The second-order valence-electron chi connectivity index (χ2n) is 1.18. The molecule has 0 amide bonds. The van der Waals surface area contributed by atoms with Crippen LogP contribution in [-0.2, 0) is 0 Å². The van der Waals surface area contributed by atoms with E-state index in [0.717, 1.165) is 5.88 Å². The molecule has 0 saturated carbocycles. The third kappa shape index (κ3) is 15.7. The molecule has 0 aromatic rings. The van der Waals surface area contributed by atoms with Crippen molar-refractivity contribution in [1.82, 2.24) is 0 Å². The number of hydrogen-bond donors (Lipinski definition) is 0. The van der Waals surface area contributed by atoms with E-state index in [0.29, 0.717) is 0 Å². The smallest absolute Gasteiger partial charge is 0.412 e. The molecular formula is C4H13ClO2Sn. The first-order chi connectivity index (χ1) is 2.91. The molecule has 2 radical (unpaired) electrons. The van der Waals surface area contributed by atoms with Crippen LogP contribution < -0.4 is 0 Å². The Morgan fingerprint density at radius 3 is 1.75 bits per heavy atom. The van der Waals surface area contributed by atoms with Gasteiger partial charge in [0.25, 0.3) is 0 Å². The van der Waals surface area contributed by atoms with E-state index in [1.807, 2.05) is 0 Å². The van der Waals surface area contributed by atoms with Crippen LogP contribution in [0.5, 0.6) is 0 Å². The summed E-state index contributed by atoms with van der Waals surface area (Å²) in [5.41, 5.74) is 0. The average molecular weight is 247 g/mol. The third-order valence-electron chi connectivity index (χ3n) is 0.588. The Kier molecular flexibility index (Phi) is 31.4. The van der Waals surface area contributed by atoms with Gasteiger partial charge in [0.1, 0.15) is 0 Å². The summed E-state index contributed by atoms with van der Waals surface area (Å²) in [4.78, 5) is 0. The molecule has 0 aliphatic carbocycles. The van der Waals surface area contributed by atoms with Gasteiger partial charge in [-0.15, -0.1) is 0 Å². The quantitative estimate of drug-likeness (QED) is 0.373. The second kappa shape index (κ2) is 15.7. The van der Waals surface area contributed by atoms with E-state index in [1.54, 1.807) is 0 Å². The zero-order chi connectivity index (χ0) is 4.83. The van der Waals surface area contributed by atoms with Gasteiger partial charge in [0.05, 0.1) is 0 Å². The van der Waals surface area contributed by atoms with E-state index in [9.17, 15) is 0 Å². The van der Waals surface area contributed by atoms with E-state index in [2.05, 4.69) is 0 Å². The van der Waals surface area contributed by atoms with Gasteiger partial charge in [0.2, 0.25) is 0 Å². The predicted molar refractivity (Wildman–Crippen MR) is 39.1 cm³/mol. The molecule has 0 aromatic carbocycles. The molecule has 0 saturated heterocycles. The van der Waals surface area contributed by atoms with Gasteiger partial charge in [-0.05, 0) is 0 Å². The monoisotopic (exact) mass is 248 g/mol. The summed E-state index contributed by atoms with van der Waals surface area (Å²) >= 11 is 6.79. The molecule has 0 bridgehead atoms. The van der Waals surface area contributed by atoms with Gasteiger partial charge in [-0.2, -0.15) is 0 Å². The van der Waals surface area contributed by atoms with E-state index in [-0.39, 0.29) is 11.0 Å². The number of rotatable bonds is 3. The van der Waals surface area contributed by atoms with Gasteiger partial charge in [0, 0.05) is 0 Å². The molecule has 8 heavy (non-hydrogen) atoms. The fourth-order valence-electron chi connectivity index (χ4n) is 0.239. The zero-order valence-electron chi connectivity index (χ0n) is 4.78. The average Bonchev–Trinajstić information content (AvgIpc) is 1.61. The molecule has 0 atom stereocenters. The maximum atomic E-state index is 5.39. The van der Waals surface area contributed by atoms with Crippen LogP contribution >= 0.6 is 11.6 Å². The van der Waals surface area contributed by atoms with Crippen LogP contribution in [0.15, 0.2) is 0 Å². The fourth-order valence-corrected chi connectivity index (χ4v) is 1.25. The van der Waals surface area contributed by atoms with Gasteiger partial charge in [-0.3, -0.25) is 0 Å². The molecule has 0 aliphatic rings. The molecular weight excluding hydrogens is 234 g/mol. The van der Waals surface area contributed by atoms with Crippen molar-refractivity contribution >= 4 is 34.1 Å². The standard InChI is InChI=1S/C4H8Cl.2H2O.Sn.H/c1-2-3-4-5;;;;/h1-4H2;2*1H2;;. The van der Waals surface area contributed by atoms with E-state index < -0.39 is 0 Å². The summed E-state index contributed by atoms with van der Waals surface area (Å²) in [6.07, 6.45) is 2.55. The molecule has 0 aromatic heterocycles. The summed E-state index contributed by atoms with van der Waals surface area (Å²) in [6.45, 7) is 0. The molecule has 52 valence electrons. The number of alkyl halides is 1. The van der Waals surface area contributed by atoms with Gasteiger partial charge < -0.3 is 11.0 Å². The molecule has 0 fully saturated rings. The van der Waals surface area contributed by atoms with Crippen molar-refractivity contribution in [3.8, 4) is 0 Å². The minimum atomic E-state index is 0. The van der Waals surface area contributed by atoms with Crippen LogP contribution in [0.4, 0.5) is 0 Å². The Balaban J connectivity index is -0.000000125. The Morgan fingerprint density at radius 2 is 1.62 bits per heavy atom. The number of unbranched alkanes of at least 4 members (excludes halogenated alkanes) is 1. The SMILES string of the molecule is ClCCC[CH2][SnH].O.O. The number of halogens is 1. The molecule has 2 nitrogen and oxygen atoms in total. The van der Waals surface area contributed by atoms with E-state index in [1.165, 1.54) is 39.8 Å². The fraction of sp³-hybridized carbons (Fsp3) is 1.00. The van der Waals surface area contributed by atoms with Crippen molar-refractivity contribution in [2.24, 2.45) is 0 Å². The van der Waals surface area contributed by atoms with Gasteiger partial charge in [0.15, 0.2) is 0 Å². The molecule has 0 spiro atoms. The van der Waals surface area contributed by atoms with Crippen LogP contribution in [0.3, 0.4) is 0 Å². The molecule has 4 heteroatoms. The van der Waals surface area contributed by atoms with Crippen molar-refractivity contribution in [2.75, 3.05) is 5.88 Å². The van der Waals surface area contributed by atoms with E-state index in [4.69, 9.17) is 11.6 Å². The molecule has 0 heterocycles. The largest absolute Gasteiger partial charge is 0.412 e. The number of hydrogen-bond acceptors (Lipinski definition) is 0. The Labute approximate surface area is 68.3 Å². The first kappa shape index (κ1) is 16.0. The molecule has 4 N–H and O–H groups in total. The first-order valence-electron chi connectivity index (χ1n) is 2.18. The first-order valence-corrected chi connectivity index (χ1v) is 5.04. The van der Waals surface area contributed by atoms with Crippen LogP contribution in [0.1, 0.15) is 12.8 Å². The summed E-state index contributed by atoms with van der Waals surface area (Å²) in [5.74, 6) is 0.848. The topological polar surface area (TPSA) is 63.0 Å². The van der Waals surface area contributed by atoms with Gasteiger partial charge in [-0.1, -0.05) is 0 Å². The Morgan fingerprint density at radius 1 is 1.12 bits per heavy atom. The maximum Gasteiger partial charge on any atom is -0.412 e. The van der Waals surface area contributed by atoms with Gasteiger partial charge in [-0.25, -0.2) is 0 Å². The third-order valence-corrected chi connectivity index (χ3v) is 2.02. The minimum absolute atomic E-state index is 0. The predicted octanol–water partition coefficient (Wildman–Crippen LogP) is -0.325. The van der Waals surface area contributed by atoms with Crippen LogP contribution in [0.25, 0.3) is 0 Å². The van der Waals surface area contributed by atoms with Crippen LogP contribution in [-0.4, -0.2) is 39.4 Å². The van der Waals surface area contributed by atoms with Gasteiger partial charge >= 0.3 is 57.3 Å². The summed E-state index contributed by atoms with van der Waals surface area (Å²) in [7, 11) is 0. The van der Waals surface area contributed by atoms with Crippen LogP contribution in [0, 0.1) is 0 Å². The summed E-state index contributed by atoms with van der Waals surface area (Å²) in [6, 6.07) is 0. The zero-order valence-corrected chi connectivity index (χ0v) is 8.84. The molecule has 0 unspecified atom stereocenters. The van der Waals surface area contributed by atoms with Crippen molar-refractivity contribution in [1.29, 1.82) is 0 Å². The minimum Gasteiger partial charge on any atom is -0.412 e. The van der Waals surface area contributed by atoms with E-state index >= 15 is 0 Å². The summed E-state index contributed by atoms with van der Waals surface area (Å²) < 4.78 is 1.40. The van der Waals surface area contributed by atoms with Crippen LogP contribution in [0.2, 0.25) is 4.44 Å². The Hall–Kier alpha value is 1.01. The molecule has 0 rings (SSSR count). The second-order valence-corrected chi connectivity index (χ2v) is 3.21. The maximum absolute atomic E-state index is 5.39. The van der Waals surface area contributed by atoms with Crippen molar-refractivity contribution in [3.05, 3.63) is 0 Å². The van der Waals surface area contributed by atoms with Crippen molar-refractivity contribution < 1.29 is 11.0 Å².